The van der Waals surface area contributed by atoms with E-state index in [2.05, 4.69) is 17.6 Å². The fourth-order valence-electron chi connectivity index (χ4n) is 2.75. The zero-order chi connectivity index (χ0) is 15.2. The molecule has 2 rings (SSSR count). The average molecular weight is 347 g/mol. The molecular formula is C16H24Cl2N2O2. The number of ether oxygens (including phenoxy) is 1. The summed E-state index contributed by atoms with van der Waals surface area (Å²) in [7, 11) is 1.64. The minimum atomic E-state index is -0.174. The highest BCUT2D eigenvalue weighted by Crippen LogP contribution is 2.21. The summed E-state index contributed by atoms with van der Waals surface area (Å²) < 4.78 is 5.46. The van der Waals surface area contributed by atoms with Crippen molar-refractivity contribution in [1.82, 2.24) is 10.6 Å². The van der Waals surface area contributed by atoms with Crippen molar-refractivity contribution in [3.8, 4) is 0 Å². The second kappa shape index (κ2) is 9.36. The SMILES string of the molecule is COC(CNC(=O)[C@H]1CCN[C@@H](C)C1)c1cccc(Cl)c1.Cl. The zero-order valence-electron chi connectivity index (χ0n) is 13.0. The number of halogens is 2. The molecule has 4 nitrogen and oxygen atoms in total. The summed E-state index contributed by atoms with van der Waals surface area (Å²) in [6.45, 7) is 3.48. The van der Waals surface area contributed by atoms with Crippen molar-refractivity contribution in [2.75, 3.05) is 20.2 Å². The molecule has 2 N–H and O–H groups in total. The largest absolute Gasteiger partial charge is 0.375 e. The molecule has 1 heterocycles. The Morgan fingerprint density at radius 1 is 1.55 bits per heavy atom. The molecule has 0 radical (unpaired) electrons. The molecule has 1 aromatic rings. The van der Waals surface area contributed by atoms with Gasteiger partial charge in [-0.2, -0.15) is 0 Å². The Hall–Kier alpha value is -0.810. The van der Waals surface area contributed by atoms with E-state index in [9.17, 15) is 4.79 Å². The van der Waals surface area contributed by atoms with Crippen LogP contribution < -0.4 is 10.6 Å². The van der Waals surface area contributed by atoms with Crippen LogP contribution in [0, 0.1) is 5.92 Å². The third-order valence-electron chi connectivity index (χ3n) is 3.96. The van der Waals surface area contributed by atoms with Crippen LogP contribution in [-0.2, 0) is 9.53 Å². The maximum absolute atomic E-state index is 12.2. The number of amides is 1. The fraction of sp³-hybridized carbons (Fsp3) is 0.562. The van der Waals surface area contributed by atoms with Crippen molar-refractivity contribution in [2.24, 2.45) is 5.92 Å². The van der Waals surface area contributed by atoms with E-state index in [4.69, 9.17) is 16.3 Å². The second-order valence-corrected chi connectivity index (χ2v) is 6.04. The third-order valence-corrected chi connectivity index (χ3v) is 4.20. The van der Waals surface area contributed by atoms with Crippen LogP contribution in [0.3, 0.4) is 0 Å². The molecule has 1 saturated heterocycles. The van der Waals surface area contributed by atoms with Gasteiger partial charge in [-0.05, 0) is 44.0 Å². The first-order chi connectivity index (χ1) is 10.1. The first-order valence-corrected chi connectivity index (χ1v) is 7.77. The van der Waals surface area contributed by atoms with Crippen molar-refractivity contribution in [3.05, 3.63) is 34.9 Å². The lowest BCUT2D eigenvalue weighted by molar-refractivity contribution is -0.126. The summed E-state index contributed by atoms with van der Waals surface area (Å²) in [4.78, 5) is 12.2. The van der Waals surface area contributed by atoms with Gasteiger partial charge in [-0.25, -0.2) is 0 Å². The minimum Gasteiger partial charge on any atom is -0.375 e. The van der Waals surface area contributed by atoms with Crippen molar-refractivity contribution in [3.63, 3.8) is 0 Å². The van der Waals surface area contributed by atoms with Crippen LogP contribution in [0.15, 0.2) is 24.3 Å². The van der Waals surface area contributed by atoms with E-state index >= 15 is 0 Å². The van der Waals surface area contributed by atoms with Crippen molar-refractivity contribution >= 4 is 29.9 Å². The fourth-order valence-corrected chi connectivity index (χ4v) is 2.95. The van der Waals surface area contributed by atoms with E-state index in [0.717, 1.165) is 24.9 Å². The molecule has 22 heavy (non-hydrogen) atoms. The van der Waals surface area contributed by atoms with Gasteiger partial charge in [-0.15, -0.1) is 12.4 Å². The van der Waals surface area contributed by atoms with Gasteiger partial charge >= 0.3 is 0 Å². The predicted molar refractivity (Wildman–Crippen MR) is 91.6 cm³/mol. The van der Waals surface area contributed by atoms with Gasteiger partial charge in [0.15, 0.2) is 0 Å². The van der Waals surface area contributed by atoms with Crippen molar-refractivity contribution < 1.29 is 9.53 Å². The lowest BCUT2D eigenvalue weighted by atomic mass is 9.92. The van der Waals surface area contributed by atoms with E-state index in [0.29, 0.717) is 17.6 Å². The van der Waals surface area contributed by atoms with Crippen molar-refractivity contribution in [2.45, 2.75) is 31.9 Å². The number of piperidine rings is 1. The molecule has 0 saturated carbocycles. The zero-order valence-corrected chi connectivity index (χ0v) is 14.5. The van der Waals surface area contributed by atoms with Crippen LogP contribution in [0.2, 0.25) is 5.02 Å². The van der Waals surface area contributed by atoms with Gasteiger partial charge in [-0.1, -0.05) is 23.7 Å². The molecule has 0 bridgehead atoms. The van der Waals surface area contributed by atoms with E-state index in [1.54, 1.807) is 7.11 Å². The minimum absolute atomic E-state index is 0. The number of methoxy groups -OCH3 is 1. The molecule has 1 aliphatic heterocycles. The predicted octanol–water partition coefficient (Wildman–Crippen LogP) is 2.95. The monoisotopic (exact) mass is 346 g/mol. The number of hydrogen-bond donors (Lipinski definition) is 2. The molecule has 6 heteroatoms. The molecule has 1 unspecified atom stereocenters. The van der Waals surface area contributed by atoms with Crippen LogP contribution in [0.25, 0.3) is 0 Å². The van der Waals surface area contributed by atoms with Gasteiger partial charge in [0.1, 0.15) is 0 Å². The Labute approximate surface area is 143 Å². The Bertz CT molecular complexity index is 485. The maximum atomic E-state index is 12.2. The molecule has 3 atom stereocenters. The highest BCUT2D eigenvalue weighted by molar-refractivity contribution is 6.30. The lowest BCUT2D eigenvalue weighted by Crippen LogP contribution is -2.43. The Morgan fingerprint density at radius 2 is 2.32 bits per heavy atom. The highest BCUT2D eigenvalue weighted by Gasteiger charge is 2.25. The molecule has 0 spiro atoms. The first kappa shape index (κ1) is 19.2. The molecule has 1 amide bonds. The molecule has 1 aliphatic rings. The van der Waals surface area contributed by atoms with Crippen LogP contribution >= 0.6 is 24.0 Å². The second-order valence-electron chi connectivity index (χ2n) is 5.60. The van der Waals surface area contributed by atoms with Gasteiger partial charge in [0.2, 0.25) is 5.91 Å². The van der Waals surface area contributed by atoms with Crippen LogP contribution in [-0.4, -0.2) is 32.1 Å². The van der Waals surface area contributed by atoms with Gasteiger partial charge in [0, 0.05) is 30.6 Å². The summed E-state index contributed by atoms with van der Waals surface area (Å²) >= 11 is 6.00. The quantitative estimate of drug-likeness (QED) is 0.861. The molecule has 1 fully saturated rings. The van der Waals surface area contributed by atoms with Gasteiger partial charge < -0.3 is 15.4 Å². The molecule has 0 aromatic heterocycles. The first-order valence-electron chi connectivity index (χ1n) is 7.39. The number of carbonyl (C=O) groups is 1. The third kappa shape index (κ3) is 5.43. The van der Waals surface area contributed by atoms with Crippen LogP contribution in [0.5, 0.6) is 0 Å². The van der Waals surface area contributed by atoms with E-state index in [-0.39, 0.29) is 30.3 Å². The van der Waals surface area contributed by atoms with Crippen LogP contribution in [0.1, 0.15) is 31.4 Å². The number of rotatable bonds is 5. The molecule has 0 aliphatic carbocycles. The van der Waals surface area contributed by atoms with E-state index in [1.165, 1.54) is 0 Å². The summed E-state index contributed by atoms with van der Waals surface area (Å²) in [6, 6.07) is 7.95. The summed E-state index contributed by atoms with van der Waals surface area (Å²) in [6.07, 6.45) is 1.61. The number of carbonyl (C=O) groups excluding carboxylic acids is 1. The smallest absolute Gasteiger partial charge is 0.223 e. The van der Waals surface area contributed by atoms with E-state index < -0.39 is 0 Å². The topological polar surface area (TPSA) is 50.4 Å². The number of hydrogen-bond acceptors (Lipinski definition) is 3. The summed E-state index contributed by atoms with van der Waals surface area (Å²) in [5.41, 5.74) is 0.976. The summed E-state index contributed by atoms with van der Waals surface area (Å²) in [5.74, 6) is 0.213. The average Bonchev–Trinajstić information content (AvgIpc) is 2.48. The molecule has 124 valence electrons. The lowest BCUT2D eigenvalue weighted by Gasteiger charge is -2.27. The Kier molecular flexibility index (Phi) is 8.18. The summed E-state index contributed by atoms with van der Waals surface area (Å²) in [5, 5.41) is 7.04. The normalized spacial score (nSPS) is 22.5. The Morgan fingerprint density at radius 3 is 2.95 bits per heavy atom. The Balaban J connectivity index is 0.00000242. The molecular weight excluding hydrogens is 323 g/mol. The molecule has 1 aromatic carbocycles. The van der Waals surface area contributed by atoms with Gasteiger partial charge in [-0.3, -0.25) is 4.79 Å². The van der Waals surface area contributed by atoms with Crippen molar-refractivity contribution in [1.29, 1.82) is 0 Å². The van der Waals surface area contributed by atoms with Gasteiger partial charge in [0.25, 0.3) is 0 Å². The van der Waals surface area contributed by atoms with Gasteiger partial charge in [0.05, 0.1) is 6.10 Å². The highest BCUT2D eigenvalue weighted by atomic mass is 35.5. The van der Waals surface area contributed by atoms with E-state index in [1.807, 2.05) is 24.3 Å². The maximum Gasteiger partial charge on any atom is 0.223 e. The number of benzene rings is 1. The standard InChI is InChI=1S/C16H23ClN2O2.ClH/c1-11-8-13(6-7-18-11)16(20)19-10-15(21-2)12-4-3-5-14(17)9-12;/h3-5,9,11,13,15,18H,6-8,10H2,1-2H3,(H,19,20);1H/t11-,13-,15?;/m0./s1. The number of nitrogens with one attached hydrogen (secondary N) is 2. The van der Waals surface area contributed by atoms with Crippen LogP contribution in [0.4, 0.5) is 0 Å².